The van der Waals surface area contributed by atoms with E-state index < -0.39 is 0 Å². The average Bonchev–Trinajstić information content (AvgIpc) is 2.47. The van der Waals surface area contributed by atoms with Crippen LogP contribution in [0.4, 0.5) is 5.69 Å². The van der Waals surface area contributed by atoms with Crippen molar-refractivity contribution in [1.82, 2.24) is 0 Å². The van der Waals surface area contributed by atoms with Gasteiger partial charge in [-0.15, -0.1) is 0 Å². The first-order valence-electron chi connectivity index (χ1n) is 6.73. The minimum Gasteiger partial charge on any atom is -0.490 e. The molecule has 0 aliphatic heterocycles. The molecule has 0 aliphatic carbocycles. The second kappa shape index (κ2) is 7.64. The number of hydrogen-bond acceptors (Lipinski definition) is 4. The summed E-state index contributed by atoms with van der Waals surface area (Å²) >= 11 is 5.83. The quantitative estimate of drug-likeness (QED) is 0.625. The lowest BCUT2D eigenvalue weighted by atomic mass is 10.3. The van der Waals surface area contributed by atoms with Crippen LogP contribution >= 0.6 is 11.6 Å². The molecule has 2 aromatic rings. The molecule has 21 heavy (non-hydrogen) atoms. The normalized spacial score (nSPS) is 10.2. The third-order valence-electron chi connectivity index (χ3n) is 2.72. The minimum absolute atomic E-state index is 0.381. The Labute approximate surface area is 129 Å². The van der Waals surface area contributed by atoms with Crippen molar-refractivity contribution < 1.29 is 14.2 Å². The SMILES string of the molecule is CCOc1ccccc1OCCOc1ccc(Cl)cc1N. The molecular weight excluding hydrogens is 290 g/mol. The summed E-state index contributed by atoms with van der Waals surface area (Å²) in [5.74, 6) is 2.03. The third-order valence-corrected chi connectivity index (χ3v) is 2.95. The van der Waals surface area contributed by atoms with Crippen LogP contribution in [0.3, 0.4) is 0 Å². The Kier molecular flexibility index (Phi) is 5.58. The third kappa shape index (κ3) is 4.46. The number of anilines is 1. The van der Waals surface area contributed by atoms with Gasteiger partial charge in [-0.3, -0.25) is 0 Å². The van der Waals surface area contributed by atoms with Crippen molar-refractivity contribution >= 4 is 17.3 Å². The summed E-state index contributed by atoms with van der Waals surface area (Å²) in [6.07, 6.45) is 0. The summed E-state index contributed by atoms with van der Waals surface area (Å²) < 4.78 is 16.7. The van der Waals surface area contributed by atoms with Gasteiger partial charge in [0.2, 0.25) is 0 Å². The van der Waals surface area contributed by atoms with Crippen LogP contribution in [-0.4, -0.2) is 19.8 Å². The van der Waals surface area contributed by atoms with Crippen LogP contribution in [0.25, 0.3) is 0 Å². The van der Waals surface area contributed by atoms with E-state index in [9.17, 15) is 0 Å². The monoisotopic (exact) mass is 307 g/mol. The molecule has 0 saturated heterocycles. The summed E-state index contributed by atoms with van der Waals surface area (Å²) in [6, 6.07) is 12.7. The number of benzene rings is 2. The van der Waals surface area contributed by atoms with Crippen LogP contribution in [0.15, 0.2) is 42.5 Å². The van der Waals surface area contributed by atoms with Crippen LogP contribution in [-0.2, 0) is 0 Å². The summed E-state index contributed by atoms with van der Waals surface area (Å²) in [5, 5.41) is 0.585. The Morgan fingerprint density at radius 1 is 0.905 bits per heavy atom. The Balaban J connectivity index is 1.84. The maximum absolute atomic E-state index is 5.83. The van der Waals surface area contributed by atoms with Crippen LogP contribution in [0.2, 0.25) is 5.02 Å². The van der Waals surface area contributed by atoms with E-state index in [2.05, 4.69) is 0 Å². The summed E-state index contributed by atoms with van der Waals surface area (Å²) in [6.45, 7) is 3.31. The van der Waals surface area contributed by atoms with E-state index in [0.29, 0.717) is 42.0 Å². The first-order chi connectivity index (χ1) is 10.2. The van der Waals surface area contributed by atoms with E-state index in [0.717, 1.165) is 5.75 Å². The second-order valence-electron chi connectivity index (χ2n) is 4.26. The predicted octanol–water partition coefficient (Wildman–Crippen LogP) is 3.78. The van der Waals surface area contributed by atoms with Gasteiger partial charge < -0.3 is 19.9 Å². The van der Waals surface area contributed by atoms with Crippen LogP contribution in [0.5, 0.6) is 17.2 Å². The number of ether oxygens (including phenoxy) is 3. The van der Waals surface area contributed by atoms with Crippen molar-refractivity contribution in [3.05, 3.63) is 47.5 Å². The zero-order valence-electron chi connectivity index (χ0n) is 11.8. The Morgan fingerprint density at radius 2 is 1.52 bits per heavy atom. The predicted molar refractivity (Wildman–Crippen MR) is 84.5 cm³/mol. The average molecular weight is 308 g/mol. The van der Waals surface area contributed by atoms with E-state index in [1.165, 1.54) is 0 Å². The molecule has 0 heterocycles. The van der Waals surface area contributed by atoms with Gasteiger partial charge in [-0.1, -0.05) is 23.7 Å². The molecule has 112 valence electrons. The van der Waals surface area contributed by atoms with E-state index in [1.54, 1.807) is 18.2 Å². The van der Waals surface area contributed by atoms with Crippen LogP contribution < -0.4 is 19.9 Å². The fourth-order valence-corrected chi connectivity index (χ4v) is 1.98. The molecule has 4 nitrogen and oxygen atoms in total. The zero-order valence-corrected chi connectivity index (χ0v) is 12.6. The minimum atomic E-state index is 0.381. The van der Waals surface area contributed by atoms with Gasteiger partial charge in [0.25, 0.3) is 0 Å². The van der Waals surface area contributed by atoms with E-state index in [-0.39, 0.29) is 0 Å². The molecule has 0 bridgehead atoms. The molecule has 0 radical (unpaired) electrons. The lowest BCUT2D eigenvalue weighted by Crippen LogP contribution is -2.10. The standard InChI is InChI=1S/C16H18ClNO3/c1-2-19-15-5-3-4-6-16(15)21-10-9-20-14-8-7-12(17)11-13(14)18/h3-8,11H,2,9-10,18H2,1H3. The topological polar surface area (TPSA) is 53.7 Å². The highest BCUT2D eigenvalue weighted by Crippen LogP contribution is 2.27. The van der Waals surface area contributed by atoms with Gasteiger partial charge in [0.15, 0.2) is 11.5 Å². The van der Waals surface area contributed by atoms with Crippen molar-refractivity contribution in [1.29, 1.82) is 0 Å². The Morgan fingerprint density at radius 3 is 2.14 bits per heavy atom. The van der Waals surface area contributed by atoms with Crippen molar-refractivity contribution in [2.45, 2.75) is 6.92 Å². The summed E-state index contributed by atoms with van der Waals surface area (Å²) in [5.41, 5.74) is 6.32. The first kappa shape index (κ1) is 15.3. The number of nitrogens with two attached hydrogens (primary N) is 1. The molecule has 0 saturated carbocycles. The lowest BCUT2D eigenvalue weighted by Gasteiger charge is -2.13. The van der Waals surface area contributed by atoms with Gasteiger partial charge >= 0.3 is 0 Å². The van der Waals surface area contributed by atoms with Crippen LogP contribution in [0.1, 0.15) is 6.92 Å². The van der Waals surface area contributed by atoms with E-state index in [1.807, 2.05) is 31.2 Å². The van der Waals surface area contributed by atoms with E-state index >= 15 is 0 Å². The molecule has 0 fully saturated rings. The molecular formula is C16H18ClNO3. The second-order valence-corrected chi connectivity index (χ2v) is 4.70. The van der Waals surface area contributed by atoms with Crippen molar-refractivity contribution in [2.75, 3.05) is 25.6 Å². The number of para-hydroxylation sites is 2. The highest BCUT2D eigenvalue weighted by molar-refractivity contribution is 6.30. The smallest absolute Gasteiger partial charge is 0.161 e. The number of hydrogen-bond donors (Lipinski definition) is 1. The fourth-order valence-electron chi connectivity index (χ4n) is 1.80. The van der Waals surface area contributed by atoms with Gasteiger partial charge in [0, 0.05) is 5.02 Å². The molecule has 0 atom stereocenters. The maximum Gasteiger partial charge on any atom is 0.161 e. The number of nitrogen functional groups attached to an aromatic ring is 1. The Bertz CT molecular complexity index is 589. The van der Waals surface area contributed by atoms with Gasteiger partial charge in [0.05, 0.1) is 12.3 Å². The van der Waals surface area contributed by atoms with Crippen molar-refractivity contribution in [3.63, 3.8) is 0 Å². The van der Waals surface area contributed by atoms with E-state index in [4.69, 9.17) is 31.5 Å². The first-order valence-corrected chi connectivity index (χ1v) is 7.11. The molecule has 2 N–H and O–H groups in total. The molecule has 0 aromatic heterocycles. The number of halogens is 1. The zero-order chi connectivity index (χ0) is 15.1. The van der Waals surface area contributed by atoms with Gasteiger partial charge in [-0.2, -0.15) is 0 Å². The number of rotatable bonds is 7. The molecule has 0 amide bonds. The fraction of sp³-hybridized carbons (Fsp3) is 0.250. The summed E-state index contributed by atoms with van der Waals surface area (Å²) in [7, 11) is 0. The van der Waals surface area contributed by atoms with Crippen molar-refractivity contribution in [3.8, 4) is 17.2 Å². The Hall–Kier alpha value is -2.07. The van der Waals surface area contributed by atoms with Crippen LogP contribution in [0, 0.1) is 0 Å². The molecule has 2 aromatic carbocycles. The summed E-state index contributed by atoms with van der Waals surface area (Å²) in [4.78, 5) is 0. The highest BCUT2D eigenvalue weighted by Gasteiger charge is 2.04. The maximum atomic E-state index is 5.83. The highest BCUT2D eigenvalue weighted by atomic mass is 35.5. The lowest BCUT2D eigenvalue weighted by molar-refractivity contribution is 0.209. The van der Waals surface area contributed by atoms with Gasteiger partial charge in [0.1, 0.15) is 19.0 Å². The van der Waals surface area contributed by atoms with Gasteiger partial charge in [-0.05, 0) is 37.3 Å². The van der Waals surface area contributed by atoms with Crippen molar-refractivity contribution in [2.24, 2.45) is 0 Å². The molecule has 0 aliphatic rings. The molecule has 0 spiro atoms. The molecule has 0 unspecified atom stereocenters. The molecule has 5 heteroatoms. The van der Waals surface area contributed by atoms with Gasteiger partial charge in [-0.25, -0.2) is 0 Å². The molecule has 2 rings (SSSR count). The largest absolute Gasteiger partial charge is 0.490 e.